The van der Waals surface area contributed by atoms with Gasteiger partial charge in [0.05, 0.1) is 35.2 Å². The summed E-state index contributed by atoms with van der Waals surface area (Å²) in [6.07, 6.45) is 3.44. The van der Waals surface area contributed by atoms with Gasteiger partial charge >= 0.3 is 0 Å². The van der Waals surface area contributed by atoms with Gasteiger partial charge in [0.15, 0.2) is 5.82 Å². The highest BCUT2D eigenvalue weighted by Gasteiger charge is 2.26. The molecule has 2 aliphatic rings. The standard InChI is InChI=1S/C28H22F2N4.C26H22N6/c1-28(2)16-32-27(34-28)18-6-3-17(4-7-18)5-8-20-14-26(31)33-25-13-19(9-10-24(20)25)21-11-22(29)15-23(30)12-21;1-26(2)16-30-25(32-26)18-7-4-17(5-8-18)6-9-19-15-23(27)31-22-14-20(10-11-21(19)22)24-28-12-3-13-29-24/h3-4,6-7,9-15H,16H2,1-2H3,(H2,31,33)(H,32,34);3-5,7-8,10-15H,16H2,1-2H3,(H2,27,31)(H,30,32). The van der Waals surface area contributed by atoms with E-state index in [1.54, 1.807) is 36.7 Å². The average molecular weight is 871 g/mol. The van der Waals surface area contributed by atoms with Crippen molar-refractivity contribution in [3.63, 3.8) is 0 Å². The number of hydrogen-bond donors (Lipinski definition) is 4. The number of amidine groups is 2. The van der Waals surface area contributed by atoms with Crippen LogP contribution in [0.15, 0.2) is 144 Å². The second-order valence-electron chi connectivity index (χ2n) is 17.4. The Morgan fingerprint density at radius 3 is 1.39 bits per heavy atom. The molecule has 0 aliphatic carbocycles. The second kappa shape index (κ2) is 17.6. The maximum atomic E-state index is 13.7. The van der Waals surface area contributed by atoms with Gasteiger partial charge in [0.25, 0.3) is 0 Å². The van der Waals surface area contributed by atoms with Crippen molar-refractivity contribution in [3.8, 4) is 46.2 Å². The van der Waals surface area contributed by atoms with Crippen molar-refractivity contribution >= 4 is 45.1 Å². The number of hydrogen-bond acceptors (Lipinski definition) is 10. The van der Waals surface area contributed by atoms with E-state index in [-0.39, 0.29) is 11.1 Å². The Bertz CT molecular complexity index is 3340. The molecule has 10 rings (SSSR count). The molecule has 0 saturated carbocycles. The smallest absolute Gasteiger partial charge is 0.159 e. The molecule has 0 bridgehead atoms. The quantitative estimate of drug-likeness (QED) is 0.128. The van der Waals surface area contributed by atoms with Crippen LogP contribution >= 0.6 is 0 Å². The first kappa shape index (κ1) is 42.8. The summed E-state index contributed by atoms with van der Waals surface area (Å²) in [5.41, 5.74) is 20.8. The summed E-state index contributed by atoms with van der Waals surface area (Å²) in [7, 11) is 0. The number of nitrogens with two attached hydrogens (primary N) is 2. The minimum Gasteiger partial charge on any atom is -0.384 e. The lowest BCUT2D eigenvalue weighted by molar-refractivity contribution is 0.506. The van der Waals surface area contributed by atoms with Crippen LogP contribution < -0.4 is 22.1 Å². The number of benzene rings is 5. The number of fused-ring (bicyclic) bond motifs is 2. The summed E-state index contributed by atoms with van der Waals surface area (Å²) in [4.78, 5) is 26.7. The Kier molecular flexibility index (Phi) is 11.4. The molecule has 324 valence electrons. The molecule has 0 amide bonds. The van der Waals surface area contributed by atoms with Crippen LogP contribution in [0.5, 0.6) is 0 Å². The Morgan fingerprint density at radius 1 is 0.500 bits per heavy atom. The van der Waals surface area contributed by atoms with Crippen molar-refractivity contribution in [3.05, 3.63) is 179 Å². The number of nitrogens with zero attached hydrogens (tertiary/aromatic N) is 6. The number of aliphatic imine (C=N–C) groups is 2. The molecule has 6 N–H and O–H groups in total. The molecule has 0 spiro atoms. The molecule has 10 nitrogen and oxygen atoms in total. The number of pyridine rings is 2. The van der Waals surface area contributed by atoms with E-state index in [1.165, 1.54) is 12.1 Å². The zero-order valence-corrected chi connectivity index (χ0v) is 36.7. The summed E-state index contributed by atoms with van der Waals surface area (Å²) in [5, 5.41) is 8.63. The highest BCUT2D eigenvalue weighted by molar-refractivity contribution is 6.01. The molecular formula is C54H44F2N10. The Hall–Kier alpha value is -8.48. The average Bonchev–Trinajstić information content (AvgIpc) is 3.87. The highest BCUT2D eigenvalue weighted by Crippen LogP contribution is 2.28. The van der Waals surface area contributed by atoms with Gasteiger partial charge in [0, 0.05) is 68.2 Å². The number of nitrogens with one attached hydrogen (secondary N) is 2. The predicted molar refractivity (Wildman–Crippen MR) is 261 cm³/mol. The Morgan fingerprint density at radius 2 is 0.939 bits per heavy atom. The molecule has 5 heterocycles. The number of halogens is 2. The zero-order chi connectivity index (χ0) is 46.0. The monoisotopic (exact) mass is 870 g/mol. The van der Waals surface area contributed by atoms with Crippen molar-refractivity contribution in [2.45, 2.75) is 38.8 Å². The van der Waals surface area contributed by atoms with Crippen LogP contribution in [0.25, 0.3) is 44.3 Å². The second-order valence-corrected chi connectivity index (χ2v) is 17.4. The fraction of sp³-hybridized carbons (Fsp3) is 0.148. The Labute approximate surface area is 381 Å². The zero-order valence-electron chi connectivity index (χ0n) is 36.7. The molecule has 8 aromatic rings. The summed E-state index contributed by atoms with van der Waals surface area (Å²) < 4.78 is 27.3. The van der Waals surface area contributed by atoms with E-state index >= 15 is 0 Å². The Balaban J connectivity index is 0.000000166. The van der Waals surface area contributed by atoms with Gasteiger partial charge in [-0.25, -0.2) is 28.7 Å². The van der Waals surface area contributed by atoms with Gasteiger partial charge in [-0.1, -0.05) is 72.2 Å². The summed E-state index contributed by atoms with van der Waals surface area (Å²) in [6, 6.07) is 36.1. The van der Waals surface area contributed by atoms with E-state index in [0.717, 1.165) is 86.1 Å². The van der Waals surface area contributed by atoms with Crippen molar-refractivity contribution in [2.24, 2.45) is 9.98 Å². The van der Waals surface area contributed by atoms with Crippen LogP contribution in [0.4, 0.5) is 20.4 Å². The van der Waals surface area contributed by atoms with Crippen molar-refractivity contribution in [2.75, 3.05) is 24.6 Å². The SMILES string of the molecule is CC1(C)CN=C(c2ccc(C#Cc3cc(N)nc4cc(-c5cc(F)cc(F)c5)ccc34)cc2)N1.CC1(C)CN=C(c2ccc(C#Cc3cc(N)nc4cc(-c5ncccn5)ccc34)cc2)N1. The van der Waals surface area contributed by atoms with E-state index in [4.69, 9.17) is 11.5 Å². The molecule has 66 heavy (non-hydrogen) atoms. The molecule has 5 aromatic carbocycles. The van der Waals surface area contributed by atoms with E-state index in [2.05, 4.69) is 91.9 Å². The first-order valence-electron chi connectivity index (χ1n) is 21.3. The molecule has 0 unspecified atom stereocenters. The van der Waals surface area contributed by atoms with Crippen LogP contribution in [0.2, 0.25) is 0 Å². The maximum Gasteiger partial charge on any atom is 0.159 e. The van der Waals surface area contributed by atoms with Crippen LogP contribution in [0.1, 0.15) is 61.1 Å². The van der Waals surface area contributed by atoms with Gasteiger partial charge in [0.1, 0.15) is 34.9 Å². The van der Waals surface area contributed by atoms with E-state index in [0.29, 0.717) is 34.1 Å². The number of nitrogen functional groups attached to an aromatic ring is 2. The molecular weight excluding hydrogens is 827 g/mol. The van der Waals surface area contributed by atoms with Gasteiger partial charge < -0.3 is 22.1 Å². The van der Waals surface area contributed by atoms with E-state index in [9.17, 15) is 8.78 Å². The molecule has 12 heteroatoms. The summed E-state index contributed by atoms with van der Waals surface area (Å²) in [5.74, 6) is 14.8. The molecule has 0 fully saturated rings. The molecule has 3 aromatic heterocycles. The number of anilines is 2. The predicted octanol–water partition coefficient (Wildman–Crippen LogP) is 9.09. The van der Waals surface area contributed by atoms with Crippen LogP contribution in [0, 0.1) is 35.3 Å². The van der Waals surface area contributed by atoms with E-state index in [1.807, 2.05) is 78.9 Å². The fourth-order valence-electron chi connectivity index (χ4n) is 7.57. The summed E-state index contributed by atoms with van der Waals surface area (Å²) in [6.45, 7) is 10.0. The summed E-state index contributed by atoms with van der Waals surface area (Å²) >= 11 is 0. The van der Waals surface area contributed by atoms with Crippen molar-refractivity contribution in [1.82, 2.24) is 30.6 Å². The molecule has 0 atom stereocenters. The van der Waals surface area contributed by atoms with Gasteiger partial charge in [-0.3, -0.25) is 9.98 Å². The normalized spacial score (nSPS) is 14.3. The minimum atomic E-state index is -0.632. The third-order valence-electron chi connectivity index (χ3n) is 10.9. The topological polar surface area (TPSA) is 152 Å². The number of aromatic nitrogens is 4. The minimum absolute atomic E-state index is 0.00262. The third-order valence-corrected chi connectivity index (χ3v) is 10.9. The van der Waals surface area contributed by atoms with Crippen LogP contribution in [-0.2, 0) is 0 Å². The van der Waals surface area contributed by atoms with Crippen molar-refractivity contribution in [1.29, 1.82) is 0 Å². The van der Waals surface area contributed by atoms with Gasteiger partial charge in [-0.05, 0) is 106 Å². The van der Waals surface area contributed by atoms with Gasteiger partial charge in [0.2, 0.25) is 0 Å². The van der Waals surface area contributed by atoms with Gasteiger partial charge in [-0.2, -0.15) is 0 Å². The molecule has 2 aliphatic heterocycles. The molecule has 0 radical (unpaired) electrons. The van der Waals surface area contributed by atoms with Gasteiger partial charge in [-0.15, -0.1) is 0 Å². The highest BCUT2D eigenvalue weighted by atomic mass is 19.1. The van der Waals surface area contributed by atoms with Crippen LogP contribution in [0.3, 0.4) is 0 Å². The first-order chi connectivity index (χ1) is 31.7. The van der Waals surface area contributed by atoms with E-state index < -0.39 is 11.6 Å². The lowest BCUT2D eigenvalue weighted by Gasteiger charge is -2.18. The maximum absolute atomic E-state index is 13.7. The van der Waals surface area contributed by atoms with Crippen molar-refractivity contribution < 1.29 is 8.78 Å². The first-order valence-corrected chi connectivity index (χ1v) is 21.3. The lowest BCUT2D eigenvalue weighted by Crippen LogP contribution is -2.39. The number of rotatable bonds is 4. The lowest BCUT2D eigenvalue weighted by atomic mass is 10.0. The largest absolute Gasteiger partial charge is 0.384 e. The fourth-order valence-corrected chi connectivity index (χ4v) is 7.57. The van der Waals surface area contributed by atoms with Crippen LogP contribution in [-0.4, -0.2) is 55.8 Å². The molecule has 0 saturated heterocycles. The third kappa shape index (κ3) is 9.84.